The molecule has 0 aromatic rings. The predicted molar refractivity (Wildman–Crippen MR) is 37.5 cm³/mol. The number of rotatable bonds is 0. The molecule has 4 heteroatoms. The maximum atomic E-state index is 12.0. The van der Waals surface area contributed by atoms with Crippen molar-refractivity contribution in [1.82, 2.24) is 0 Å². The highest BCUT2D eigenvalue weighted by atomic mass is 19.4. The van der Waals surface area contributed by atoms with Gasteiger partial charge >= 0.3 is 6.18 Å². The van der Waals surface area contributed by atoms with Crippen molar-refractivity contribution in [2.75, 3.05) is 0 Å². The van der Waals surface area contributed by atoms with E-state index in [4.69, 9.17) is 0 Å². The van der Waals surface area contributed by atoms with Gasteiger partial charge in [-0.15, -0.1) is 0 Å². The second-order valence-corrected chi connectivity index (χ2v) is 2.59. The van der Waals surface area contributed by atoms with Crippen LogP contribution in [0.4, 0.5) is 13.2 Å². The lowest BCUT2D eigenvalue weighted by Crippen LogP contribution is -2.23. The third-order valence-corrected chi connectivity index (χ3v) is 1.67. The lowest BCUT2D eigenvalue weighted by Gasteiger charge is -2.15. The standard InChI is InChI=1S/C8H7F3O/c1-5-3-2-4-6(7(5)12)8(9,10)11/h4H,1-3H2. The monoisotopic (exact) mass is 176 g/mol. The molecular formula is C8H7F3O. The van der Waals surface area contributed by atoms with Gasteiger partial charge in [-0.3, -0.25) is 4.79 Å². The number of hydrogen-bond acceptors (Lipinski definition) is 1. The molecule has 1 nitrogen and oxygen atoms in total. The number of ketones is 1. The van der Waals surface area contributed by atoms with Gasteiger partial charge in [0.25, 0.3) is 0 Å². The number of halogens is 3. The molecule has 0 unspecified atom stereocenters. The fourth-order valence-electron chi connectivity index (χ4n) is 1.03. The van der Waals surface area contributed by atoms with E-state index in [-0.39, 0.29) is 12.0 Å². The van der Waals surface area contributed by atoms with Crippen LogP contribution in [0.5, 0.6) is 0 Å². The quantitative estimate of drug-likeness (QED) is 0.518. The second-order valence-electron chi connectivity index (χ2n) is 2.59. The summed E-state index contributed by atoms with van der Waals surface area (Å²) in [5, 5.41) is 0. The van der Waals surface area contributed by atoms with E-state index in [0.29, 0.717) is 6.42 Å². The maximum absolute atomic E-state index is 12.0. The molecule has 0 aromatic heterocycles. The molecule has 1 aliphatic carbocycles. The van der Waals surface area contributed by atoms with E-state index in [9.17, 15) is 18.0 Å². The summed E-state index contributed by atoms with van der Waals surface area (Å²) in [5.74, 6) is -0.964. The van der Waals surface area contributed by atoms with Crippen molar-refractivity contribution in [1.29, 1.82) is 0 Å². The summed E-state index contributed by atoms with van der Waals surface area (Å²) in [6.45, 7) is 3.27. The minimum Gasteiger partial charge on any atom is -0.289 e. The van der Waals surface area contributed by atoms with Gasteiger partial charge in [0.1, 0.15) is 0 Å². The minimum atomic E-state index is -4.53. The molecule has 0 saturated carbocycles. The SMILES string of the molecule is C=C1CCC=C(C(F)(F)F)C1=O. The molecule has 12 heavy (non-hydrogen) atoms. The molecule has 66 valence electrons. The Kier molecular flexibility index (Phi) is 2.08. The molecule has 1 aliphatic rings. The lowest BCUT2D eigenvalue weighted by atomic mass is 9.94. The van der Waals surface area contributed by atoms with E-state index < -0.39 is 17.5 Å². The molecular weight excluding hydrogens is 169 g/mol. The van der Waals surface area contributed by atoms with Crippen LogP contribution in [-0.2, 0) is 4.79 Å². The molecule has 0 aromatic carbocycles. The van der Waals surface area contributed by atoms with E-state index in [1.165, 1.54) is 0 Å². The molecule has 0 N–H and O–H groups in total. The molecule has 0 fully saturated rings. The Morgan fingerprint density at radius 3 is 2.42 bits per heavy atom. The first-order chi connectivity index (χ1) is 5.43. The van der Waals surface area contributed by atoms with Crippen molar-refractivity contribution < 1.29 is 18.0 Å². The van der Waals surface area contributed by atoms with Crippen molar-refractivity contribution in [2.45, 2.75) is 19.0 Å². The highest BCUT2D eigenvalue weighted by Crippen LogP contribution is 2.32. The Hall–Kier alpha value is -1.06. The van der Waals surface area contributed by atoms with E-state index >= 15 is 0 Å². The van der Waals surface area contributed by atoms with E-state index in [2.05, 4.69) is 6.58 Å². The normalized spacial score (nSPS) is 19.4. The number of carbonyl (C=O) groups excluding carboxylic acids is 1. The van der Waals surface area contributed by atoms with Crippen LogP contribution >= 0.6 is 0 Å². The Bertz CT molecular complexity index is 260. The molecule has 0 heterocycles. The van der Waals surface area contributed by atoms with Crippen LogP contribution in [0.15, 0.2) is 23.8 Å². The van der Waals surface area contributed by atoms with E-state index in [0.717, 1.165) is 6.08 Å². The molecule has 0 saturated heterocycles. The summed E-state index contributed by atoms with van der Waals surface area (Å²) in [5.41, 5.74) is -1.02. The van der Waals surface area contributed by atoms with Crippen LogP contribution < -0.4 is 0 Å². The summed E-state index contributed by atoms with van der Waals surface area (Å²) in [4.78, 5) is 10.9. The van der Waals surface area contributed by atoms with Gasteiger partial charge in [0.2, 0.25) is 0 Å². The topological polar surface area (TPSA) is 17.1 Å². The third kappa shape index (κ3) is 1.57. The van der Waals surface area contributed by atoms with E-state index in [1.807, 2.05) is 0 Å². The van der Waals surface area contributed by atoms with E-state index in [1.54, 1.807) is 0 Å². The van der Waals surface area contributed by atoms with Crippen molar-refractivity contribution in [2.24, 2.45) is 0 Å². The third-order valence-electron chi connectivity index (χ3n) is 1.67. The predicted octanol–water partition coefficient (Wildman–Crippen LogP) is 2.39. The first-order valence-electron chi connectivity index (χ1n) is 3.43. The van der Waals surface area contributed by atoms with Gasteiger partial charge < -0.3 is 0 Å². The Balaban J connectivity index is 2.98. The molecule has 0 amide bonds. The maximum Gasteiger partial charge on any atom is 0.419 e. The first kappa shape index (κ1) is 9.03. The molecule has 0 bridgehead atoms. The highest BCUT2D eigenvalue weighted by molar-refractivity contribution is 6.09. The summed E-state index contributed by atoms with van der Waals surface area (Å²) in [6, 6.07) is 0. The average Bonchev–Trinajstić information content (AvgIpc) is 1.92. The summed E-state index contributed by atoms with van der Waals surface area (Å²) < 4.78 is 36.1. The van der Waals surface area contributed by atoms with Crippen LogP contribution in [0.1, 0.15) is 12.8 Å². The zero-order valence-electron chi connectivity index (χ0n) is 6.24. The van der Waals surface area contributed by atoms with Crippen LogP contribution in [0.3, 0.4) is 0 Å². The van der Waals surface area contributed by atoms with Gasteiger partial charge in [-0.2, -0.15) is 13.2 Å². The van der Waals surface area contributed by atoms with Gasteiger partial charge in [0, 0.05) is 0 Å². The largest absolute Gasteiger partial charge is 0.419 e. The van der Waals surface area contributed by atoms with Crippen molar-refractivity contribution in [3.05, 3.63) is 23.8 Å². The molecule has 0 atom stereocenters. The van der Waals surface area contributed by atoms with Gasteiger partial charge in [-0.25, -0.2) is 0 Å². The van der Waals surface area contributed by atoms with Gasteiger partial charge in [-0.05, 0) is 18.4 Å². The molecule has 0 spiro atoms. The zero-order valence-corrected chi connectivity index (χ0v) is 6.24. The number of allylic oxidation sites excluding steroid dienone is 3. The lowest BCUT2D eigenvalue weighted by molar-refractivity contribution is -0.126. The van der Waals surface area contributed by atoms with Gasteiger partial charge in [0.05, 0.1) is 5.57 Å². The van der Waals surface area contributed by atoms with Crippen molar-refractivity contribution >= 4 is 5.78 Å². The summed E-state index contributed by atoms with van der Waals surface area (Å²) in [6.07, 6.45) is -3.02. The van der Waals surface area contributed by atoms with Crippen LogP contribution in [0, 0.1) is 0 Å². The Morgan fingerprint density at radius 2 is 2.00 bits per heavy atom. The molecule has 0 radical (unpaired) electrons. The zero-order chi connectivity index (χ0) is 9.35. The Morgan fingerprint density at radius 1 is 1.42 bits per heavy atom. The molecule has 0 aliphatic heterocycles. The van der Waals surface area contributed by atoms with Crippen molar-refractivity contribution in [3.63, 3.8) is 0 Å². The average molecular weight is 176 g/mol. The number of Topliss-reactive ketones (excluding diaryl/α,β-unsaturated/α-hetero) is 1. The fraction of sp³-hybridized carbons (Fsp3) is 0.375. The van der Waals surface area contributed by atoms with Crippen molar-refractivity contribution in [3.8, 4) is 0 Å². The Labute approximate surface area is 67.6 Å². The van der Waals surface area contributed by atoms with Gasteiger partial charge in [0.15, 0.2) is 5.78 Å². The minimum absolute atomic E-state index is 0.0461. The first-order valence-corrected chi connectivity index (χ1v) is 3.43. The summed E-state index contributed by atoms with van der Waals surface area (Å²) >= 11 is 0. The molecule has 1 rings (SSSR count). The van der Waals surface area contributed by atoms with Crippen LogP contribution in [-0.4, -0.2) is 12.0 Å². The number of alkyl halides is 3. The summed E-state index contributed by atoms with van der Waals surface area (Å²) in [7, 11) is 0. The van der Waals surface area contributed by atoms with Crippen LogP contribution in [0.25, 0.3) is 0 Å². The highest BCUT2D eigenvalue weighted by Gasteiger charge is 2.39. The smallest absolute Gasteiger partial charge is 0.289 e. The van der Waals surface area contributed by atoms with Crippen LogP contribution in [0.2, 0.25) is 0 Å². The second kappa shape index (κ2) is 2.77. The van der Waals surface area contributed by atoms with Gasteiger partial charge in [-0.1, -0.05) is 12.7 Å². The number of hydrogen-bond donors (Lipinski definition) is 0. The fourth-order valence-corrected chi connectivity index (χ4v) is 1.03. The number of carbonyl (C=O) groups is 1.